The molecule has 0 saturated carbocycles. The topological polar surface area (TPSA) is 257 Å². The number of pyridine rings is 1. The highest BCUT2D eigenvalue weighted by atomic mass is 35.5. The van der Waals surface area contributed by atoms with Crippen molar-refractivity contribution in [1.29, 1.82) is 10.5 Å². The maximum absolute atomic E-state index is 12.9. The molecule has 2 heterocycles. The maximum Gasteiger partial charge on any atom is 0.328 e. The Morgan fingerprint density at radius 2 is 1.46 bits per heavy atom. The quantitative estimate of drug-likeness (QED) is 0.0673. The summed E-state index contributed by atoms with van der Waals surface area (Å²) in [6, 6.07) is 15.6. The Kier molecular flexibility index (Phi) is 16.2. The summed E-state index contributed by atoms with van der Waals surface area (Å²) in [5, 5.41) is 31.5. The molecule has 6 N–H and O–H groups in total. The number of nitriles is 2. The van der Waals surface area contributed by atoms with Crippen LogP contribution in [-0.4, -0.2) is 92.3 Å². The fourth-order valence-corrected chi connectivity index (χ4v) is 6.04. The van der Waals surface area contributed by atoms with Gasteiger partial charge in [0.1, 0.15) is 65.9 Å². The van der Waals surface area contributed by atoms with Crippen molar-refractivity contribution in [2.45, 2.75) is 42.8 Å². The second kappa shape index (κ2) is 21.2. The fourth-order valence-electron chi connectivity index (χ4n) is 5.05. The Labute approximate surface area is 337 Å². The number of amides is 2. The molecule has 17 nitrogen and oxygen atoms in total. The maximum atomic E-state index is 12.9. The monoisotopic (exact) mass is 817 g/mol. The van der Waals surface area contributed by atoms with Crippen molar-refractivity contribution in [2.75, 3.05) is 46.1 Å². The Bertz CT molecular complexity index is 2140. The lowest BCUT2D eigenvalue weighted by molar-refractivity contribution is -0.163. The van der Waals surface area contributed by atoms with E-state index in [1.54, 1.807) is 62.6 Å². The van der Waals surface area contributed by atoms with E-state index >= 15 is 0 Å². The van der Waals surface area contributed by atoms with E-state index in [-0.39, 0.29) is 53.0 Å². The number of nitrogens with one attached hydrogen (secondary N) is 4. The van der Waals surface area contributed by atoms with Crippen molar-refractivity contribution in [2.24, 2.45) is 0 Å². The molecule has 2 aromatic carbocycles. The summed E-state index contributed by atoms with van der Waals surface area (Å²) in [5.74, 6) is -1.54. The van der Waals surface area contributed by atoms with Crippen LogP contribution >= 0.6 is 23.4 Å². The third kappa shape index (κ3) is 12.4. The Balaban J connectivity index is 1.49. The van der Waals surface area contributed by atoms with Crippen LogP contribution in [0.25, 0.3) is 22.6 Å². The van der Waals surface area contributed by atoms with Crippen LogP contribution in [0.2, 0.25) is 5.02 Å². The largest absolute Gasteiger partial charge is 0.490 e. The summed E-state index contributed by atoms with van der Waals surface area (Å²) < 4.78 is 22.4. The number of benzene rings is 2. The van der Waals surface area contributed by atoms with Gasteiger partial charge in [-0.2, -0.15) is 10.5 Å². The van der Waals surface area contributed by atoms with Gasteiger partial charge in [0.15, 0.2) is 6.10 Å². The molecule has 0 spiro atoms. The predicted molar refractivity (Wildman–Crippen MR) is 209 cm³/mol. The molecule has 4 rings (SSSR count). The normalized spacial score (nSPS) is 12.3. The van der Waals surface area contributed by atoms with Crippen molar-refractivity contribution in [3.8, 4) is 40.5 Å². The van der Waals surface area contributed by atoms with E-state index in [1.165, 1.54) is 31.9 Å². The van der Waals surface area contributed by atoms with Crippen LogP contribution in [0, 0.1) is 22.7 Å². The first-order valence-electron chi connectivity index (χ1n) is 17.3. The number of likely N-dealkylation sites (N-methyl/N-ethyl adjacent to an activating group) is 2. The summed E-state index contributed by atoms with van der Waals surface area (Å²) in [5.41, 5.74) is 8.42. The zero-order valence-electron chi connectivity index (χ0n) is 31.4. The van der Waals surface area contributed by atoms with E-state index in [1.807, 2.05) is 0 Å². The van der Waals surface area contributed by atoms with Gasteiger partial charge in [-0.25, -0.2) is 19.6 Å². The van der Waals surface area contributed by atoms with Crippen molar-refractivity contribution in [3.05, 3.63) is 76.6 Å². The van der Waals surface area contributed by atoms with Gasteiger partial charge in [0, 0.05) is 21.9 Å². The number of halogens is 1. The number of hydrogen-bond acceptors (Lipinski definition) is 16. The molecular weight excluding hydrogens is 778 g/mol. The van der Waals surface area contributed by atoms with Gasteiger partial charge in [-0.1, -0.05) is 35.5 Å². The van der Waals surface area contributed by atoms with Crippen LogP contribution in [0.5, 0.6) is 5.75 Å². The van der Waals surface area contributed by atoms with E-state index in [0.717, 1.165) is 5.56 Å². The molecule has 2 aromatic heterocycles. The van der Waals surface area contributed by atoms with Crippen LogP contribution in [0.4, 0.5) is 5.82 Å². The van der Waals surface area contributed by atoms with E-state index in [2.05, 4.69) is 43.4 Å². The van der Waals surface area contributed by atoms with Crippen LogP contribution < -0.4 is 31.7 Å². The number of nitrogens with two attached hydrogens (primary N) is 1. The Morgan fingerprint density at radius 1 is 0.860 bits per heavy atom. The number of esters is 2. The van der Waals surface area contributed by atoms with E-state index in [4.69, 9.17) is 36.0 Å². The van der Waals surface area contributed by atoms with Gasteiger partial charge < -0.3 is 45.6 Å². The minimum absolute atomic E-state index is 0.0110. The number of hydrogen-bond donors (Lipinski definition) is 5. The van der Waals surface area contributed by atoms with Crippen LogP contribution in [0.3, 0.4) is 0 Å². The minimum Gasteiger partial charge on any atom is -0.490 e. The number of ether oxygens (including phenoxy) is 3. The zero-order valence-corrected chi connectivity index (χ0v) is 33.0. The van der Waals surface area contributed by atoms with Gasteiger partial charge in [-0.15, -0.1) is 0 Å². The number of carbonyl (C=O) groups excluding carboxylic acids is 4. The second-order valence-electron chi connectivity index (χ2n) is 12.3. The smallest absolute Gasteiger partial charge is 0.328 e. The van der Waals surface area contributed by atoms with E-state index in [9.17, 15) is 29.7 Å². The lowest BCUT2D eigenvalue weighted by atomic mass is 9.97. The van der Waals surface area contributed by atoms with Crippen LogP contribution in [-0.2, 0) is 34.4 Å². The summed E-state index contributed by atoms with van der Waals surface area (Å²) >= 11 is 7.19. The highest BCUT2D eigenvalue weighted by molar-refractivity contribution is 7.98. The number of oxazole rings is 1. The Hall–Kier alpha value is -6.18. The number of nitrogen functional groups attached to an aromatic ring is 1. The second-order valence-corrected chi connectivity index (χ2v) is 13.7. The summed E-state index contributed by atoms with van der Waals surface area (Å²) in [7, 11) is 3.16. The zero-order chi connectivity index (χ0) is 41.5. The third-order valence-corrected chi connectivity index (χ3v) is 9.09. The molecular formula is C38H40ClN9O8S. The molecule has 2 amide bonds. The average molecular weight is 818 g/mol. The first-order chi connectivity index (χ1) is 27.4. The lowest BCUT2D eigenvalue weighted by Crippen LogP contribution is -2.46. The standard InChI is InChI=1S/C38H40ClN9O8S/c1-21(45-31(49)15-43-3)37(51)55-19-28(56-38(52)22(2)46-32(50)16-44-4)18-53-27-11-7-23(8-12-27)33-29(13-40)34(42)48-36(30(33)14-41)57-20-26-17-54-35(47-26)24-5-9-25(39)10-6-24/h5-12,17,21-22,28,43-44H,15-16,18-20H2,1-4H3,(H2,42,48)(H,45,49)(H,46,50)/t21?,22?,28-/m0/s1. The van der Waals surface area contributed by atoms with Crippen molar-refractivity contribution in [3.63, 3.8) is 0 Å². The molecule has 0 aliphatic rings. The SMILES string of the molecule is CNCC(=O)NC(C)C(=O)OC[C@H](COc1ccc(-c2c(C#N)c(N)nc(SCc3coc(-c4ccc(Cl)cc4)n3)c2C#N)cc1)OC(=O)C(C)NC(=O)CNC. The van der Waals surface area contributed by atoms with E-state index in [0.29, 0.717) is 27.9 Å². The minimum atomic E-state index is -1.13. The summed E-state index contributed by atoms with van der Waals surface area (Å²) in [6.07, 6.45) is 0.369. The fraction of sp³-hybridized carbons (Fsp3) is 0.316. The van der Waals surface area contributed by atoms with Crippen LogP contribution in [0.15, 0.2) is 64.2 Å². The highest BCUT2D eigenvalue weighted by Gasteiger charge is 2.26. The van der Waals surface area contributed by atoms with Gasteiger partial charge in [-0.3, -0.25) is 9.59 Å². The number of anilines is 1. The van der Waals surface area contributed by atoms with Gasteiger partial charge >= 0.3 is 11.9 Å². The first kappa shape index (κ1) is 43.5. The molecule has 0 fully saturated rings. The number of thioether (sulfide) groups is 1. The number of nitrogens with zero attached hydrogens (tertiary/aromatic N) is 4. The predicted octanol–water partition coefficient (Wildman–Crippen LogP) is 2.96. The third-order valence-electron chi connectivity index (χ3n) is 7.83. The molecule has 0 aliphatic carbocycles. The number of rotatable bonds is 19. The van der Waals surface area contributed by atoms with E-state index < -0.39 is 48.5 Å². The number of carbonyl (C=O) groups is 4. The molecule has 2 unspecified atom stereocenters. The van der Waals surface area contributed by atoms with Gasteiger partial charge in [0.05, 0.1) is 24.3 Å². The average Bonchev–Trinajstić information content (AvgIpc) is 3.67. The summed E-state index contributed by atoms with van der Waals surface area (Å²) in [4.78, 5) is 58.3. The van der Waals surface area contributed by atoms with Gasteiger partial charge in [-0.05, 0) is 69.9 Å². The van der Waals surface area contributed by atoms with Crippen molar-refractivity contribution >= 4 is 52.9 Å². The molecule has 3 atom stereocenters. The molecule has 19 heteroatoms. The summed E-state index contributed by atoms with van der Waals surface area (Å²) in [6.45, 7) is 2.12. The van der Waals surface area contributed by atoms with Gasteiger partial charge in [0.2, 0.25) is 17.7 Å². The van der Waals surface area contributed by atoms with Crippen LogP contribution in [0.1, 0.15) is 30.7 Å². The molecule has 57 heavy (non-hydrogen) atoms. The first-order valence-corrected chi connectivity index (χ1v) is 18.7. The lowest BCUT2D eigenvalue weighted by Gasteiger charge is -2.22. The number of aromatic nitrogens is 2. The Morgan fingerprint density at radius 3 is 2.05 bits per heavy atom. The van der Waals surface area contributed by atoms with Crippen molar-refractivity contribution in [1.82, 2.24) is 31.2 Å². The molecule has 4 aromatic rings. The molecule has 0 saturated heterocycles. The van der Waals surface area contributed by atoms with Gasteiger partial charge in [0.25, 0.3) is 0 Å². The molecule has 0 bridgehead atoms. The highest BCUT2D eigenvalue weighted by Crippen LogP contribution is 2.37. The molecule has 0 radical (unpaired) electrons. The molecule has 0 aliphatic heterocycles. The molecule has 298 valence electrons. The van der Waals surface area contributed by atoms with Crippen molar-refractivity contribution < 1.29 is 37.8 Å².